The van der Waals surface area contributed by atoms with E-state index >= 15 is 0 Å². The van der Waals surface area contributed by atoms with Gasteiger partial charge in [0.2, 0.25) is 5.82 Å². The minimum atomic E-state index is -4.67. The number of hydrogen-bond acceptors (Lipinski definition) is 4. The van der Waals surface area contributed by atoms with Crippen LogP contribution in [0.2, 0.25) is 5.15 Å². The van der Waals surface area contributed by atoms with Crippen molar-refractivity contribution < 1.29 is 13.2 Å². The lowest BCUT2D eigenvalue weighted by molar-refractivity contribution is -0.144. The average Bonchev–Trinajstić information content (AvgIpc) is 2.40. The number of alkyl halides is 3. The predicted octanol–water partition coefficient (Wildman–Crippen LogP) is 3.96. The molecule has 0 unspecified atom stereocenters. The van der Waals surface area contributed by atoms with Gasteiger partial charge in [0.1, 0.15) is 11.0 Å². The zero-order chi connectivity index (χ0) is 15.5. The van der Waals surface area contributed by atoms with Crippen LogP contribution in [-0.2, 0) is 12.6 Å². The fraction of sp³-hybridized carbons (Fsp3) is 0.154. The first-order valence-corrected chi connectivity index (χ1v) is 6.11. The highest BCUT2D eigenvalue weighted by Gasteiger charge is 2.35. The Kier molecular flexibility index (Phi) is 4.29. The molecule has 1 heterocycles. The molecule has 108 valence electrons. The van der Waals surface area contributed by atoms with Gasteiger partial charge in [-0.15, -0.1) is 0 Å². The lowest BCUT2D eigenvalue weighted by Crippen LogP contribution is -2.12. The summed E-state index contributed by atoms with van der Waals surface area (Å²) in [6, 6.07) is 9.85. The van der Waals surface area contributed by atoms with Gasteiger partial charge in [0.15, 0.2) is 0 Å². The molecule has 0 saturated carbocycles. The maximum Gasteiger partial charge on any atom is 0.451 e. The molecule has 8 heteroatoms. The summed E-state index contributed by atoms with van der Waals surface area (Å²) >= 11 is 5.56. The Hall–Kier alpha value is -2.33. The van der Waals surface area contributed by atoms with Crippen molar-refractivity contribution in [1.29, 1.82) is 5.26 Å². The van der Waals surface area contributed by atoms with Crippen LogP contribution in [0.25, 0.3) is 0 Å². The molecule has 0 spiro atoms. The maximum atomic E-state index is 12.6. The van der Waals surface area contributed by atoms with Gasteiger partial charge in [-0.25, -0.2) is 9.97 Å². The number of rotatable bonds is 3. The Balaban J connectivity index is 2.23. The number of anilines is 2. The Labute approximate surface area is 123 Å². The standard InChI is InChI=1S/C13H8ClF3N4/c14-10-7-11(21-12(20-10)13(15,16)17)19-9-3-1-8(2-4-9)5-6-18/h1-4,7H,5H2,(H,19,20,21). The van der Waals surface area contributed by atoms with Crippen LogP contribution >= 0.6 is 11.6 Å². The minimum absolute atomic E-state index is 0.0599. The van der Waals surface area contributed by atoms with Crippen LogP contribution in [0, 0.1) is 11.3 Å². The van der Waals surface area contributed by atoms with E-state index in [-0.39, 0.29) is 17.4 Å². The second kappa shape index (κ2) is 5.97. The molecule has 0 aliphatic heterocycles. The van der Waals surface area contributed by atoms with Gasteiger partial charge in [-0.1, -0.05) is 23.7 Å². The van der Waals surface area contributed by atoms with Gasteiger partial charge < -0.3 is 5.32 Å². The summed E-state index contributed by atoms with van der Waals surface area (Å²) < 4.78 is 37.7. The zero-order valence-electron chi connectivity index (χ0n) is 10.4. The number of benzene rings is 1. The largest absolute Gasteiger partial charge is 0.451 e. The molecule has 0 saturated heterocycles. The van der Waals surface area contributed by atoms with E-state index in [2.05, 4.69) is 15.3 Å². The van der Waals surface area contributed by atoms with Crippen molar-refractivity contribution in [3.63, 3.8) is 0 Å². The highest BCUT2D eigenvalue weighted by atomic mass is 35.5. The number of halogens is 4. The molecule has 21 heavy (non-hydrogen) atoms. The molecule has 0 aliphatic rings. The first-order valence-electron chi connectivity index (χ1n) is 5.73. The van der Waals surface area contributed by atoms with E-state index in [1.165, 1.54) is 6.07 Å². The van der Waals surface area contributed by atoms with Crippen LogP contribution in [0.5, 0.6) is 0 Å². The van der Waals surface area contributed by atoms with Crippen molar-refractivity contribution in [3.8, 4) is 6.07 Å². The average molecular weight is 313 g/mol. The quantitative estimate of drug-likeness (QED) is 0.871. The van der Waals surface area contributed by atoms with Crippen molar-refractivity contribution in [2.45, 2.75) is 12.6 Å². The van der Waals surface area contributed by atoms with Gasteiger partial charge in [-0.05, 0) is 17.7 Å². The van der Waals surface area contributed by atoms with E-state index < -0.39 is 12.0 Å². The van der Waals surface area contributed by atoms with Crippen LogP contribution in [0.15, 0.2) is 30.3 Å². The predicted molar refractivity (Wildman–Crippen MR) is 71.1 cm³/mol. The second-order valence-corrected chi connectivity index (χ2v) is 4.44. The van der Waals surface area contributed by atoms with Crippen LogP contribution in [0.4, 0.5) is 24.7 Å². The molecule has 0 atom stereocenters. The third kappa shape index (κ3) is 4.07. The van der Waals surface area contributed by atoms with E-state index in [1.54, 1.807) is 24.3 Å². The van der Waals surface area contributed by atoms with Crippen molar-refractivity contribution in [3.05, 3.63) is 46.9 Å². The first-order chi connectivity index (χ1) is 9.88. The molecule has 0 aliphatic carbocycles. The van der Waals surface area contributed by atoms with E-state index in [0.29, 0.717) is 5.69 Å². The lowest BCUT2D eigenvalue weighted by Gasteiger charge is -2.10. The molecule has 1 N–H and O–H groups in total. The SMILES string of the molecule is N#CCc1ccc(Nc2cc(Cl)nc(C(F)(F)F)n2)cc1. The Morgan fingerprint density at radius 1 is 1.19 bits per heavy atom. The molecule has 1 aromatic heterocycles. The number of nitriles is 1. The summed E-state index contributed by atoms with van der Waals surface area (Å²) in [6.07, 6.45) is -4.41. The minimum Gasteiger partial charge on any atom is -0.340 e. The van der Waals surface area contributed by atoms with Gasteiger partial charge in [0.25, 0.3) is 0 Å². The summed E-state index contributed by atoms with van der Waals surface area (Å²) in [6.45, 7) is 0. The molecule has 0 amide bonds. The fourth-order valence-electron chi connectivity index (χ4n) is 1.55. The van der Waals surface area contributed by atoms with Crippen LogP contribution in [0.1, 0.15) is 11.4 Å². The Morgan fingerprint density at radius 3 is 2.43 bits per heavy atom. The molecule has 0 radical (unpaired) electrons. The van der Waals surface area contributed by atoms with E-state index in [4.69, 9.17) is 16.9 Å². The van der Waals surface area contributed by atoms with Crippen molar-refractivity contribution in [2.75, 3.05) is 5.32 Å². The molecule has 0 fully saturated rings. The first kappa shape index (κ1) is 15.1. The van der Waals surface area contributed by atoms with Gasteiger partial charge in [-0.2, -0.15) is 18.4 Å². The van der Waals surface area contributed by atoms with Crippen LogP contribution < -0.4 is 5.32 Å². The summed E-state index contributed by atoms with van der Waals surface area (Å²) in [7, 11) is 0. The van der Waals surface area contributed by atoms with E-state index in [9.17, 15) is 13.2 Å². The zero-order valence-corrected chi connectivity index (χ0v) is 11.2. The third-order valence-corrected chi connectivity index (χ3v) is 2.65. The second-order valence-electron chi connectivity index (χ2n) is 4.05. The molecule has 1 aromatic carbocycles. The molecule has 2 aromatic rings. The normalized spacial score (nSPS) is 11.0. The molecule has 4 nitrogen and oxygen atoms in total. The van der Waals surface area contributed by atoms with Crippen LogP contribution in [0.3, 0.4) is 0 Å². The molecule has 0 bridgehead atoms. The summed E-state index contributed by atoms with van der Waals surface area (Å²) in [5.41, 5.74) is 1.33. The highest BCUT2D eigenvalue weighted by molar-refractivity contribution is 6.29. The van der Waals surface area contributed by atoms with Crippen LogP contribution in [-0.4, -0.2) is 9.97 Å². The van der Waals surface area contributed by atoms with Crippen molar-refractivity contribution in [1.82, 2.24) is 9.97 Å². The number of hydrogen-bond donors (Lipinski definition) is 1. The smallest absolute Gasteiger partial charge is 0.340 e. The number of aromatic nitrogens is 2. The highest BCUT2D eigenvalue weighted by Crippen LogP contribution is 2.29. The fourth-order valence-corrected chi connectivity index (χ4v) is 1.74. The van der Waals surface area contributed by atoms with Gasteiger partial charge in [0.05, 0.1) is 12.5 Å². The Morgan fingerprint density at radius 2 is 1.86 bits per heavy atom. The topological polar surface area (TPSA) is 61.6 Å². The molecular weight excluding hydrogens is 305 g/mol. The third-order valence-electron chi connectivity index (χ3n) is 2.46. The molecule has 2 rings (SSSR count). The Bertz CT molecular complexity index is 677. The van der Waals surface area contributed by atoms with Crippen molar-refractivity contribution in [2.24, 2.45) is 0 Å². The van der Waals surface area contributed by atoms with Gasteiger partial charge in [0, 0.05) is 11.8 Å². The number of nitrogens with zero attached hydrogens (tertiary/aromatic N) is 3. The maximum absolute atomic E-state index is 12.6. The summed E-state index contributed by atoms with van der Waals surface area (Å²) in [4.78, 5) is 6.51. The molecular formula is C13H8ClF3N4. The number of nitrogens with one attached hydrogen (secondary N) is 1. The van der Waals surface area contributed by atoms with Crippen molar-refractivity contribution >= 4 is 23.1 Å². The lowest BCUT2D eigenvalue weighted by atomic mass is 10.1. The summed E-state index contributed by atoms with van der Waals surface area (Å²) in [5, 5.41) is 11.0. The van der Waals surface area contributed by atoms with E-state index in [1.807, 2.05) is 6.07 Å². The van der Waals surface area contributed by atoms with Gasteiger partial charge >= 0.3 is 6.18 Å². The monoisotopic (exact) mass is 312 g/mol. The van der Waals surface area contributed by atoms with Gasteiger partial charge in [-0.3, -0.25) is 0 Å². The summed E-state index contributed by atoms with van der Waals surface area (Å²) in [5.74, 6) is -1.37. The van der Waals surface area contributed by atoms with E-state index in [0.717, 1.165) is 5.56 Å².